The number of nitrogens with zero attached hydrogens (tertiary/aromatic N) is 2. The minimum atomic E-state index is -0.0357. The summed E-state index contributed by atoms with van der Waals surface area (Å²) in [6.45, 7) is 4.00. The second-order valence-corrected chi connectivity index (χ2v) is 6.08. The highest BCUT2D eigenvalue weighted by atomic mass is 16.5. The van der Waals surface area contributed by atoms with Crippen LogP contribution in [-0.4, -0.2) is 16.0 Å². The molecule has 0 aliphatic rings. The van der Waals surface area contributed by atoms with E-state index in [1.807, 2.05) is 68.4 Å². The van der Waals surface area contributed by atoms with Gasteiger partial charge in [0.1, 0.15) is 0 Å². The maximum absolute atomic E-state index is 12.1. The van der Waals surface area contributed by atoms with E-state index in [2.05, 4.69) is 15.5 Å². The molecule has 3 aromatic rings. The van der Waals surface area contributed by atoms with Crippen molar-refractivity contribution in [3.8, 4) is 11.4 Å². The first-order valence-corrected chi connectivity index (χ1v) is 8.36. The van der Waals surface area contributed by atoms with Gasteiger partial charge in [0.05, 0.1) is 6.04 Å². The van der Waals surface area contributed by atoms with Gasteiger partial charge in [-0.3, -0.25) is 4.79 Å². The van der Waals surface area contributed by atoms with E-state index in [0.29, 0.717) is 24.6 Å². The number of hydrogen-bond acceptors (Lipinski definition) is 4. The van der Waals surface area contributed by atoms with E-state index in [0.717, 1.165) is 11.1 Å². The molecule has 0 aliphatic carbocycles. The lowest BCUT2D eigenvalue weighted by Crippen LogP contribution is -2.26. The number of hydrogen-bond donors (Lipinski definition) is 1. The Kier molecular flexibility index (Phi) is 5.23. The Morgan fingerprint density at radius 1 is 1.12 bits per heavy atom. The van der Waals surface area contributed by atoms with Crippen LogP contribution in [0.1, 0.15) is 36.4 Å². The molecule has 0 spiro atoms. The van der Waals surface area contributed by atoms with E-state index >= 15 is 0 Å². The summed E-state index contributed by atoms with van der Waals surface area (Å²) in [6, 6.07) is 17.8. The Hall–Kier alpha value is -2.95. The molecule has 0 radical (unpaired) electrons. The lowest BCUT2D eigenvalue weighted by molar-refractivity contribution is -0.121. The van der Waals surface area contributed by atoms with Crippen molar-refractivity contribution in [1.82, 2.24) is 15.5 Å². The highest BCUT2D eigenvalue weighted by Gasteiger charge is 2.13. The van der Waals surface area contributed by atoms with Gasteiger partial charge in [-0.2, -0.15) is 4.98 Å². The lowest BCUT2D eigenvalue weighted by Gasteiger charge is -2.13. The van der Waals surface area contributed by atoms with Gasteiger partial charge in [0.15, 0.2) is 0 Å². The van der Waals surface area contributed by atoms with E-state index in [1.54, 1.807) is 0 Å². The van der Waals surface area contributed by atoms with Crippen molar-refractivity contribution in [2.45, 2.75) is 32.7 Å². The van der Waals surface area contributed by atoms with Gasteiger partial charge in [0.2, 0.25) is 17.6 Å². The summed E-state index contributed by atoms with van der Waals surface area (Å²) < 4.78 is 5.25. The summed E-state index contributed by atoms with van der Waals surface area (Å²) in [5, 5.41) is 6.97. The summed E-state index contributed by atoms with van der Waals surface area (Å²) in [5.41, 5.74) is 3.16. The molecule has 0 unspecified atom stereocenters. The predicted molar refractivity (Wildman–Crippen MR) is 95.8 cm³/mol. The van der Waals surface area contributed by atoms with Crippen LogP contribution >= 0.6 is 0 Å². The van der Waals surface area contributed by atoms with E-state index < -0.39 is 0 Å². The highest BCUT2D eigenvalue weighted by molar-refractivity contribution is 5.76. The molecule has 0 fully saturated rings. The third kappa shape index (κ3) is 4.53. The van der Waals surface area contributed by atoms with Crippen molar-refractivity contribution in [1.29, 1.82) is 0 Å². The zero-order valence-electron chi connectivity index (χ0n) is 14.4. The number of aryl methyl sites for hydroxylation is 2. The minimum absolute atomic E-state index is 0.0282. The quantitative estimate of drug-likeness (QED) is 0.743. The fourth-order valence-corrected chi connectivity index (χ4v) is 2.54. The Balaban J connectivity index is 1.53. The van der Waals surface area contributed by atoms with Gasteiger partial charge < -0.3 is 9.84 Å². The van der Waals surface area contributed by atoms with Crippen LogP contribution in [0.25, 0.3) is 11.4 Å². The zero-order valence-corrected chi connectivity index (χ0v) is 14.4. The van der Waals surface area contributed by atoms with Crippen molar-refractivity contribution in [3.05, 3.63) is 71.6 Å². The molecule has 0 bridgehead atoms. The summed E-state index contributed by atoms with van der Waals surface area (Å²) in [6.07, 6.45) is 0.735. The van der Waals surface area contributed by atoms with Crippen molar-refractivity contribution >= 4 is 5.91 Å². The Morgan fingerprint density at radius 3 is 2.56 bits per heavy atom. The Bertz CT molecular complexity index is 826. The summed E-state index contributed by atoms with van der Waals surface area (Å²) in [5.74, 6) is 0.984. The Labute approximate surface area is 147 Å². The van der Waals surface area contributed by atoms with Gasteiger partial charge >= 0.3 is 0 Å². The molecule has 1 N–H and O–H groups in total. The summed E-state index contributed by atoms with van der Waals surface area (Å²) in [7, 11) is 0. The Morgan fingerprint density at radius 2 is 1.84 bits per heavy atom. The summed E-state index contributed by atoms with van der Waals surface area (Å²) >= 11 is 0. The van der Waals surface area contributed by atoms with Crippen LogP contribution in [0, 0.1) is 6.92 Å². The SMILES string of the molecule is Cc1ccc(-c2noc(CCC(=O)N[C@@H](C)c3ccccc3)n2)cc1. The fraction of sp³-hybridized carbons (Fsp3) is 0.250. The van der Waals surface area contributed by atoms with Crippen molar-refractivity contribution in [2.75, 3.05) is 0 Å². The van der Waals surface area contributed by atoms with E-state index in [4.69, 9.17) is 4.52 Å². The van der Waals surface area contributed by atoms with Crippen LogP contribution in [0.15, 0.2) is 59.1 Å². The maximum atomic E-state index is 12.1. The molecule has 25 heavy (non-hydrogen) atoms. The van der Waals surface area contributed by atoms with Gasteiger partial charge in [-0.25, -0.2) is 0 Å². The van der Waals surface area contributed by atoms with Crippen LogP contribution in [0.2, 0.25) is 0 Å². The largest absolute Gasteiger partial charge is 0.350 e. The van der Waals surface area contributed by atoms with Gasteiger partial charge in [-0.05, 0) is 19.4 Å². The molecule has 1 heterocycles. The average Bonchev–Trinajstić information content (AvgIpc) is 3.10. The third-order valence-corrected chi connectivity index (χ3v) is 4.02. The molecule has 3 rings (SSSR count). The normalized spacial score (nSPS) is 11.9. The first-order valence-electron chi connectivity index (χ1n) is 8.36. The number of benzene rings is 2. The molecule has 1 aromatic heterocycles. The topological polar surface area (TPSA) is 68.0 Å². The van der Waals surface area contributed by atoms with Gasteiger partial charge in [-0.1, -0.05) is 65.3 Å². The van der Waals surface area contributed by atoms with Crippen molar-refractivity contribution < 1.29 is 9.32 Å². The molecular formula is C20H21N3O2. The molecule has 1 atom stereocenters. The van der Waals surface area contributed by atoms with Crippen molar-refractivity contribution in [2.24, 2.45) is 0 Å². The van der Waals surface area contributed by atoms with Crippen LogP contribution in [0.3, 0.4) is 0 Å². The molecule has 0 saturated carbocycles. The minimum Gasteiger partial charge on any atom is -0.350 e. The van der Waals surface area contributed by atoms with Crippen LogP contribution < -0.4 is 5.32 Å². The third-order valence-electron chi connectivity index (χ3n) is 4.02. The molecule has 0 aliphatic heterocycles. The number of nitrogens with one attached hydrogen (secondary N) is 1. The molecule has 5 nitrogen and oxygen atoms in total. The van der Waals surface area contributed by atoms with E-state index in [1.165, 1.54) is 5.56 Å². The molecule has 5 heteroatoms. The average molecular weight is 335 g/mol. The first-order chi connectivity index (χ1) is 12.1. The van der Waals surface area contributed by atoms with Crippen molar-refractivity contribution in [3.63, 3.8) is 0 Å². The highest BCUT2D eigenvalue weighted by Crippen LogP contribution is 2.17. The molecule has 0 saturated heterocycles. The van der Waals surface area contributed by atoms with E-state index in [9.17, 15) is 4.79 Å². The van der Waals surface area contributed by atoms with Crippen LogP contribution in [0.5, 0.6) is 0 Å². The number of carbonyl (C=O) groups is 1. The number of rotatable bonds is 6. The van der Waals surface area contributed by atoms with Crippen LogP contribution in [0.4, 0.5) is 0 Å². The first kappa shape index (κ1) is 16.9. The predicted octanol–water partition coefficient (Wildman–Crippen LogP) is 3.86. The molecule has 128 valence electrons. The maximum Gasteiger partial charge on any atom is 0.227 e. The van der Waals surface area contributed by atoms with Gasteiger partial charge in [0, 0.05) is 18.4 Å². The smallest absolute Gasteiger partial charge is 0.227 e. The fourth-order valence-electron chi connectivity index (χ4n) is 2.54. The number of aromatic nitrogens is 2. The van der Waals surface area contributed by atoms with Crippen LogP contribution in [-0.2, 0) is 11.2 Å². The molecule has 2 aromatic carbocycles. The second kappa shape index (κ2) is 7.75. The standard InChI is InChI=1S/C20H21N3O2/c1-14-8-10-17(11-9-14)20-22-19(25-23-20)13-12-18(24)21-15(2)16-6-4-3-5-7-16/h3-11,15H,12-13H2,1-2H3,(H,21,24)/t15-/m0/s1. The summed E-state index contributed by atoms with van der Waals surface area (Å²) in [4.78, 5) is 16.5. The second-order valence-electron chi connectivity index (χ2n) is 6.08. The number of carbonyl (C=O) groups excluding carboxylic acids is 1. The monoisotopic (exact) mass is 335 g/mol. The number of amides is 1. The van der Waals surface area contributed by atoms with Gasteiger partial charge in [0.25, 0.3) is 0 Å². The zero-order chi connectivity index (χ0) is 17.6. The lowest BCUT2D eigenvalue weighted by atomic mass is 10.1. The van der Waals surface area contributed by atoms with E-state index in [-0.39, 0.29) is 11.9 Å². The molecular weight excluding hydrogens is 314 g/mol. The van der Waals surface area contributed by atoms with Gasteiger partial charge in [-0.15, -0.1) is 0 Å². The molecule has 1 amide bonds.